The van der Waals surface area contributed by atoms with Crippen LogP contribution in [-0.4, -0.2) is 65.5 Å². The maximum Gasteiger partial charge on any atom is 0.274 e. The monoisotopic (exact) mass is 408 g/mol. The lowest BCUT2D eigenvalue weighted by Gasteiger charge is -2.44. The predicted molar refractivity (Wildman–Crippen MR) is 117 cm³/mol. The van der Waals surface area contributed by atoms with Gasteiger partial charge in [0.25, 0.3) is 5.91 Å². The molecule has 30 heavy (non-hydrogen) atoms. The van der Waals surface area contributed by atoms with E-state index in [4.69, 9.17) is 4.74 Å². The number of likely N-dealkylation sites (N-methyl/N-ethyl adjacent to an activating group) is 1. The molecule has 0 radical (unpaired) electrons. The summed E-state index contributed by atoms with van der Waals surface area (Å²) in [6.07, 6.45) is 11.5. The van der Waals surface area contributed by atoms with Crippen molar-refractivity contribution in [1.29, 1.82) is 0 Å². The Morgan fingerprint density at radius 2 is 1.90 bits per heavy atom. The van der Waals surface area contributed by atoms with E-state index in [0.29, 0.717) is 12.3 Å². The maximum absolute atomic E-state index is 12.8. The molecule has 1 fully saturated rings. The molecule has 0 unspecified atom stereocenters. The van der Waals surface area contributed by atoms with E-state index in [-0.39, 0.29) is 11.3 Å². The molecule has 1 aromatic heterocycles. The van der Waals surface area contributed by atoms with Crippen LogP contribution < -0.4 is 4.74 Å². The molecule has 0 aliphatic carbocycles. The van der Waals surface area contributed by atoms with E-state index in [2.05, 4.69) is 46.2 Å². The summed E-state index contributed by atoms with van der Waals surface area (Å²) in [6.45, 7) is 4.27. The molecular formula is C24H32N4O2. The van der Waals surface area contributed by atoms with Crippen molar-refractivity contribution in [2.45, 2.75) is 38.5 Å². The highest BCUT2D eigenvalue weighted by Gasteiger charge is 2.37. The molecule has 0 bridgehead atoms. The van der Waals surface area contributed by atoms with Gasteiger partial charge in [0, 0.05) is 38.6 Å². The van der Waals surface area contributed by atoms with Gasteiger partial charge in [0.05, 0.1) is 6.20 Å². The first kappa shape index (κ1) is 20.8. The third-order valence-corrected chi connectivity index (χ3v) is 6.61. The number of hydrogen-bond donors (Lipinski definition) is 0. The van der Waals surface area contributed by atoms with Crippen LogP contribution in [0.2, 0.25) is 0 Å². The average molecular weight is 409 g/mol. The molecule has 0 saturated carbocycles. The van der Waals surface area contributed by atoms with Crippen LogP contribution in [0.3, 0.4) is 0 Å². The summed E-state index contributed by atoms with van der Waals surface area (Å²) in [7, 11) is 2.19. The van der Waals surface area contributed by atoms with Crippen molar-refractivity contribution in [3.8, 4) is 5.75 Å². The maximum atomic E-state index is 12.8. The number of hydrogen-bond acceptors (Lipinski definition) is 5. The smallest absolute Gasteiger partial charge is 0.274 e. The Hall–Kier alpha value is -2.47. The predicted octanol–water partition coefficient (Wildman–Crippen LogP) is 3.44. The second-order valence-electron chi connectivity index (χ2n) is 8.78. The molecule has 1 saturated heterocycles. The van der Waals surface area contributed by atoms with Crippen molar-refractivity contribution in [2.75, 3.05) is 39.8 Å². The molecule has 0 atom stereocenters. The number of rotatable bonds is 1. The summed E-state index contributed by atoms with van der Waals surface area (Å²) in [5.41, 5.74) is 2.03. The highest BCUT2D eigenvalue weighted by Crippen LogP contribution is 2.38. The summed E-state index contributed by atoms with van der Waals surface area (Å²) < 4.78 is 6.10. The molecule has 6 nitrogen and oxygen atoms in total. The molecule has 1 aromatic carbocycles. The molecule has 2 aromatic rings. The molecule has 4 rings (SSSR count). The molecule has 2 aliphatic rings. The topological polar surface area (TPSA) is 58.6 Å². The summed E-state index contributed by atoms with van der Waals surface area (Å²) in [5.74, 6) is 1.04. The Kier molecular flexibility index (Phi) is 6.62. The first-order chi connectivity index (χ1) is 14.7. The van der Waals surface area contributed by atoms with E-state index < -0.39 is 0 Å². The van der Waals surface area contributed by atoms with E-state index in [1.165, 1.54) is 24.8 Å². The van der Waals surface area contributed by atoms with Crippen molar-refractivity contribution in [3.63, 3.8) is 0 Å². The number of likely N-dealkylation sites (tertiary alicyclic amines) is 1. The summed E-state index contributed by atoms with van der Waals surface area (Å²) >= 11 is 0. The minimum absolute atomic E-state index is 0.00413. The molecule has 0 N–H and O–H groups in total. The van der Waals surface area contributed by atoms with Crippen LogP contribution in [0.5, 0.6) is 5.75 Å². The minimum Gasteiger partial charge on any atom is -0.492 e. The van der Waals surface area contributed by atoms with Crippen LogP contribution in [0, 0.1) is 5.41 Å². The van der Waals surface area contributed by atoms with Gasteiger partial charge >= 0.3 is 0 Å². The molecule has 2 aliphatic heterocycles. The highest BCUT2D eigenvalue weighted by atomic mass is 16.5. The van der Waals surface area contributed by atoms with Crippen LogP contribution in [0.25, 0.3) is 0 Å². The van der Waals surface area contributed by atoms with Gasteiger partial charge in [0.15, 0.2) is 0 Å². The number of ether oxygens (including phenoxy) is 1. The van der Waals surface area contributed by atoms with Gasteiger partial charge in [0.2, 0.25) is 0 Å². The minimum atomic E-state index is 0.00413. The normalized spacial score (nSPS) is 20.5. The molecule has 1 amide bonds. The number of aromatic nitrogens is 2. The van der Waals surface area contributed by atoms with E-state index in [1.54, 1.807) is 18.6 Å². The van der Waals surface area contributed by atoms with Gasteiger partial charge in [-0.15, -0.1) is 0 Å². The Bertz CT molecular complexity index is 834. The number of carbonyl (C=O) groups excluding carboxylic acids is 1. The first-order valence-corrected chi connectivity index (χ1v) is 11.1. The molecule has 160 valence electrons. The van der Waals surface area contributed by atoms with Crippen LogP contribution in [0.1, 0.15) is 48.2 Å². The first-order valence-electron chi connectivity index (χ1n) is 11.1. The fourth-order valence-corrected chi connectivity index (χ4v) is 4.87. The lowest BCUT2D eigenvalue weighted by atomic mass is 9.73. The van der Waals surface area contributed by atoms with Crippen LogP contribution >= 0.6 is 0 Å². The average Bonchev–Trinajstić information content (AvgIpc) is 2.77. The SMILES string of the molecule is CN1CCOc2ccccc2CCCCC2(CCN(C(=O)c3cnccn3)CC2)C1. The standard InChI is InChI=1S/C24H32N4O2/c1-27-16-17-30-22-8-3-2-6-20(22)7-4-5-9-24(19-27)10-14-28(15-11-24)23(29)21-18-25-12-13-26-21/h2-3,6,8,12-13,18H,4-5,7,9-11,14-17,19H2,1H3. The zero-order valence-electron chi connectivity index (χ0n) is 17.9. The van der Waals surface area contributed by atoms with Gasteiger partial charge in [-0.2, -0.15) is 0 Å². The number of benzene rings is 1. The summed E-state index contributed by atoms with van der Waals surface area (Å²) in [6, 6.07) is 8.44. The molecule has 1 spiro atoms. The van der Waals surface area contributed by atoms with Gasteiger partial charge in [0.1, 0.15) is 18.1 Å². The number of piperidine rings is 1. The molecule has 6 heteroatoms. The fraction of sp³-hybridized carbons (Fsp3) is 0.542. The van der Waals surface area contributed by atoms with Crippen molar-refractivity contribution in [2.24, 2.45) is 5.41 Å². The van der Waals surface area contributed by atoms with E-state index in [9.17, 15) is 4.79 Å². The Labute approximate surface area is 179 Å². The quantitative estimate of drug-likeness (QED) is 0.724. The molecular weight excluding hydrogens is 376 g/mol. The van der Waals surface area contributed by atoms with Gasteiger partial charge in [-0.25, -0.2) is 4.98 Å². The lowest BCUT2D eigenvalue weighted by molar-refractivity contribution is 0.0420. The van der Waals surface area contributed by atoms with E-state index in [1.807, 2.05) is 4.90 Å². The molecule has 3 heterocycles. The number of para-hydroxylation sites is 1. The Morgan fingerprint density at radius 3 is 2.70 bits per heavy atom. The second-order valence-corrected chi connectivity index (χ2v) is 8.78. The number of aryl methyl sites for hydroxylation is 1. The van der Waals surface area contributed by atoms with E-state index >= 15 is 0 Å². The van der Waals surface area contributed by atoms with Gasteiger partial charge in [-0.3, -0.25) is 9.78 Å². The zero-order chi connectivity index (χ0) is 20.8. The van der Waals surface area contributed by atoms with Gasteiger partial charge in [-0.05, 0) is 56.2 Å². The third kappa shape index (κ3) is 4.98. The summed E-state index contributed by atoms with van der Waals surface area (Å²) in [5, 5.41) is 0. The van der Waals surface area contributed by atoms with Crippen molar-refractivity contribution >= 4 is 5.91 Å². The fourth-order valence-electron chi connectivity index (χ4n) is 4.87. The largest absolute Gasteiger partial charge is 0.492 e. The van der Waals surface area contributed by atoms with Crippen LogP contribution in [-0.2, 0) is 6.42 Å². The van der Waals surface area contributed by atoms with Crippen molar-refractivity contribution in [1.82, 2.24) is 19.8 Å². The van der Waals surface area contributed by atoms with Gasteiger partial charge < -0.3 is 14.5 Å². The van der Waals surface area contributed by atoms with Crippen LogP contribution in [0.15, 0.2) is 42.9 Å². The summed E-state index contributed by atoms with van der Waals surface area (Å²) in [4.78, 5) is 25.3. The second kappa shape index (κ2) is 9.56. The Morgan fingerprint density at radius 1 is 1.07 bits per heavy atom. The van der Waals surface area contributed by atoms with Crippen LogP contribution in [0.4, 0.5) is 0 Å². The highest BCUT2D eigenvalue weighted by molar-refractivity contribution is 5.92. The Balaban J connectivity index is 1.40. The number of carbonyl (C=O) groups is 1. The van der Waals surface area contributed by atoms with E-state index in [0.717, 1.165) is 51.2 Å². The van der Waals surface area contributed by atoms with Crippen molar-refractivity contribution < 1.29 is 9.53 Å². The number of fused-ring (bicyclic) bond motifs is 1. The lowest BCUT2D eigenvalue weighted by Crippen LogP contribution is -2.48. The van der Waals surface area contributed by atoms with Gasteiger partial charge in [-0.1, -0.05) is 24.6 Å². The number of amides is 1. The zero-order valence-corrected chi connectivity index (χ0v) is 17.9. The van der Waals surface area contributed by atoms with Crippen molar-refractivity contribution in [3.05, 3.63) is 54.1 Å². The third-order valence-electron chi connectivity index (χ3n) is 6.61. The number of nitrogens with zero attached hydrogens (tertiary/aromatic N) is 4.